The molecule has 0 heterocycles. The Hall–Kier alpha value is 0.320. The first-order valence-electron chi connectivity index (χ1n) is 2.52. The van der Waals surface area contributed by atoms with E-state index >= 15 is 0 Å². The van der Waals surface area contributed by atoms with Crippen LogP contribution < -0.4 is 29.6 Å². The third-order valence-electron chi connectivity index (χ3n) is 0.661. The molecule has 0 saturated heterocycles. The van der Waals surface area contributed by atoms with E-state index in [-0.39, 0.29) is 41.9 Å². The first kappa shape index (κ1) is 13.9. The minimum absolute atomic E-state index is 0. The summed E-state index contributed by atoms with van der Waals surface area (Å²) in [5.41, 5.74) is 0. The molecular formula is C5H7NaO4S. The predicted molar refractivity (Wildman–Crippen MR) is 34.9 cm³/mol. The predicted octanol–water partition coefficient (Wildman–Crippen LogP) is -3.40. The van der Waals surface area contributed by atoms with Gasteiger partial charge in [0, 0.05) is 11.8 Å². The van der Waals surface area contributed by atoms with Crippen LogP contribution >= 0.6 is 0 Å². The zero-order valence-corrected chi connectivity index (χ0v) is 9.06. The van der Waals surface area contributed by atoms with Gasteiger partial charge in [0.25, 0.3) is 0 Å². The molecular weight excluding hydrogens is 179 g/mol. The molecule has 0 aliphatic carbocycles. The van der Waals surface area contributed by atoms with Gasteiger partial charge in [0.05, 0.1) is 0 Å². The number of rotatable bonds is 4. The second-order valence-corrected chi connectivity index (χ2v) is 2.40. The van der Waals surface area contributed by atoms with Crippen molar-refractivity contribution in [2.75, 3.05) is 12.4 Å². The third kappa shape index (κ3) is 10.3. The van der Waals surface area contributed by atoms with Gasteiger partial charge in [0.2, 0.25) is 0 Å². The van der Waals surface area contributed by atoms with Crippen LogP contribution in [0.15, 0.2) is 12.7 Å². The van der Waals surface area contributed by atoms with E-state index in [2.05, 4.69) is 11.3 Å². The average molecular weight is 186 g/mol. The van der Waals surface area contributed by atoms with Crippen LogP contribution in [0, 0.1) is 0 Å². The van der Waals surface area contributed by atoms with Crippen molar-refractivity contribution in [3.8, 4) is 0 Å². The van der Waals surface area contributed by atoms with E-state index in [0.717, 1.165) is 6.08 Å². The van der Waals surface area contributed by atoms with Crippen molar-refractivity contribution < 1.29 is 47.9 Å². The molecule has 0 aliphatic rings. The van der Waals surface area contributed by atoms with E-state index in [1.54, 1.807) is 0 Å². The van der Waals surface area contributed by atoms with Crippen molar-refractivity contribution in [1.82, 2.24) is 0 Å². The second kappa shape index (κ2) is 8.42. The van der Waals surface area contributed by atoms with E-state index in [1.807, 2.05) is 0 Å². The monoisotopic (exact) mass is 186 g/mol. The van der Waals surface area contributed by atoms with E-state index in [4.69, 9.17) is 0 Å². The standard InChI is InChI=1S/C5H8O4S.Na/c1-2-5(6)9-3-4-10(7)8;/h2H,1,3-4H2,(H,7,8);/q;+1/p-1. The third-order valence-corrected chi connectivity index (χ3v) is 1.16. The number of carbonyl (C=O) groups excluding carboxylic acids is 1. The molecule has 1 unspecified atom stereocenters. The van der Waals surface area contributed by atoms with Crippen LogP contribution in [0.25, 0.3) is 0 Å². The molecule has 0 aromatic heterocycles. The quantitative estimate of drug-likeness (QED) is 0.199. The average Bonchev–Trinajstić information content (AvgIpc) is 1.87. The van der Waals surface area contributed by atoms with Gasteiger partial charge >= 0.3 is 35.5 Å². The smallest absolute Gasteiger partial charge is 0.772 e. The first-order chi connectivity index (χ1) is 4.66. The summed E-state index contributed by atoms with van der Waals surface area (Å²) < 4.78 is 24.1. The van der Waals surface area contributed by atoms with Crippen LogP contribution in [0.2, 0.25) is 0 Å². The van der Waals surface area contributed by atoms with Gasteiger partial charge in [-0.2, -0.15) is 0 Å². The molecule has 58 valence electrons. The Kier molecular flexibility index (Phi) is 10.6. The fourth-order valence-electron chi connectivity index (χ4n) is 0.269. The van der Waals surface area contributed by atoms with Gasteiger partial charge in [0.15, 0.2) is 0 Å². The van der Waals surface area contributed by atoms with Crippen molar-refractivity contribution in [3.63, 3.8) is 0 Å². The maximum atomic E-state index is 10.3. The molecule has 1 atom stereocenters. The molecule has 11 heavy (non-hydrogen) atoms. The van der Waals surface area contributed by atoms with Crippen LogP contribution in [0.3, 0.4) is 0 Å². The summed E-state index contributed by atoms with van der Waals surface area (Å²) in [5, 5.41) is 0. The first-order valence-corrected chi connectivity index (χ1v) is 3.76. The molecule has 0 aromatic carbocycles. The molecule has 0 radical (unpaired) electrons. The van der Waals surface area contributed by atoms with Crippen molar-refractivity contribution >= 4 is 17.0 Å². The molecule has 0 rings (SSSR count). The van der Waals surface area contributed by atoms with E-state index < -0.39 is 17.0 Å². The Morgan fingerprint density at radius 2 is 2.27 bits per heavy atom. The molecule has 4 nitrogen and oxygen atoms in total. The Morgan fingerprint density at radius 1 is 1.73 bits per heavy atom. The minimum Gasteiger partial charge on any atom is -0.772 e. The molecule has 6 heteroatoms. The van der Waals surface area contributed by atoms with Gasteiger partial charge in [-0.05, 0) is 0 Å². The van der Waals surface area contributed by atoms with Crippen LogP contribution in [-0.4, -0.2) is 27.1 Å². The summed E-state index contributed by atoms with van der Waals surface area (Å²) >= 11 is -2.15. The molecule has 0 fully saturated rings. The Bertz CT molecular complexity index is 159. The molecule has 0 aromatic rings. The van der Waals surface area contributed by atoms with E-state index in [9.17, 15) is 13.6 Å². The van der Waals surface area contributed by atoms with Gasteiger partial charge in [0.1, 0.15) is 6.61 Å². The SMILES string of the molecule is C=CC(=O)OCCS(=O)[O-].[Na+]. The Morgan fingerprint density at radius 3 is 2.64 bits per heavy atom. The van der Waals surface area contributed by atoms with Gasteiger partial charge in [-0.3, -0.25) is 4.21 Å². The van der Waals surface area contributed by atoms with E-state index in [0.29, 0.717) is 0 Å². The number of ether oxygens (including phenoxy) is 1. The summed E-state index contributed by atoms with van der Waals surface area (Å²) in [5.74, 6) is -0.773. The summed E-state index contributed by atoms with van der Waals surface area (Å²) in [6, 6.07) is 0. The number of esters is 1. The fourth-order valence-corrected chi connectivity index (χ4v) is 0.489. The number of hydrogen-bond donors (Lipinski definition) is 0. The van der Waals surface area contributed by atoms with Crippen LogP contribution in [0.5, 0.6) is 0 Å². The molecule has 0 aliphatic heterocycles. The van der Waals surface area contributed by atoms with Crippen molar-refractivity contribution in [2.45, 2.75) is 0 Å². The molecule has 0 bridgehead atoms. The van der Waals surface area contributed by atoms with Crippen molar-refractivity contribution in [1.29, 1.82) is 0 Å². The summed E-state index contributed by atoms with van der Waals surface area (Å²) in [6.07, 6.45) is 0.980. The van der Waals surface area contributed by atoms with Crippen LogP contribution in [0.1, 0.15) is 0 Å². The van der Waals surface area contributed by atoms with Gasteiger partial charge in [-0.15, -0.1) is 0 Å². The minimum atomic E-state index is -2.15. The molecule has 0 amide bonds. The van der Waals surface area contributed by atoms with E-state index in [1.165, 1.54) is 0 Å². The maximum Gasteiger partial charge on any atom is 1.00 e. The zero-order chi connectivity index (χ0) is 7.98. The number of carbonyl (C=O) groups is 1. The maximum absolute atomic E-state index is 10.3. The number of hydrogen-bond acceptors (Lipinski definition) is 4. The molecule has 0 saturated carbocycles. The zero-order valence-electron chi connectivity index (χ0n) is 6.24. The van der Waals surface area contributed by atoms with Gasteiger partial charge in [-0.1, -0.05) is 17.7 Å². The largest absolute Gasteiger partial charge is 1.00 e. The molecule has 0 N–H and O–H groups in total. The Balaban J connectivity index is 0. The van der Waals surface area contributed by atoms with Crippen molar-refractivity contribution in [2.24, 2.45) is 0 Å². The summed E-state index contributed by atoms with van der Waals surface area (Å²) in [7, 11) is 0. The normalized spacial score (nSPS) is 11.0. The second-order valence-electron chi connectivity index (χ2n) is 1.38. The summed E-state index contributed by atoms with van der Waals surface area (Å²) in [4.78, 5) is 10.3. The Labute approximate surface area is 89.6 Å². The van der Waals surface area contributed by atoms with Gasteiger partial charge < -0.3 is 9.29 Å². The van der Waals surface area contributed by atoms with Crippen LogP contribution in [-0.2, 0) is 20.6 Å². The molecule has 0 spiro atoms. The fraction of sp³-hybridized carbons (Fsp3) is 0.400. The van der Waals surface area contributed by atoms with Crippen molar-refractivity contribution in [3.05, 3.63) is 12.7 Å². The van der Waals surface area contributed by atoms with Crippen LogP contribution in [0.4, 0.5) is 0 Å². The summed E-state index contributed by atoms with van der Waals surface area (Å²) in [6.45, 7) is 3.02. The van der Waals surface area contributed by atoms with Gasteiger partial charge in [-0.25, -0.2) is 4.79 Å². The topological polar surface area (TPSA) is 66.4 Å².